The van der Waals surface area contributed by atoms with E-state index in [0.717, 1.165) is 30.1 Å². The Morgan fingerprint density at radius 2 is 2.24 bits per heavy atom. The first-order valence-electron chi connectivity index (χ1n) is 5.42. The van der Waals surface area contributed by atoms with Gasteiger partial charge in [-0.3, -0.25) is 0 Å². The number of benzene rings is 1. The molecule has 2 aromatic rings. The van der Waals surface area contributed by atoms with Gasteiger partial charge in [0.2, 0.25) is 0 Å². The van der Waals surface area contributed by atoms with E-state index in [0.29, 0.717) is 0 Å². The largest absolute Gasteiger partial charge is 0.464 e. The molecule has 1 aromatic carbocycles. The SMILES string of the molecule is CN[C@H](C=O)CCc1ccc2occc2c1.Cl. The number of aldehydes is 1. The molecule has 0 saturated heterocycles. The zero-order valence-corrected chi connectivity index (χ0v) is 10.5. The van der Waals surface area contributed by atoms with Gasteiger partial charge < -0.3 is 14.5 Å². The fourth-order valence-corrected chi connectivity index (χ4v) is 1.77. The Morgan fingerprint density at radius 1 is 1.41 bits per heavy atom. The van der Waals surface area contributed by atoms with Gasteiger partial charge in [0, 0.05) is 5.39 Å². The number of carbonyl (C=O) groups excluding carboxylic acids is 1. The Labute approximate surface area is 107 Å². The molecule has 92 valence electrons. The third kappa shape index (κ3) is 3.32. The highest BCUT2D eigenvalue weighted by Gasteiger charge is 2.05. The Morgan fingerprint density at radius 3 is 2.94 bits per heavy atom. The van der Waals surface area contributed by atoms with E-state index in [2.05, 4.69) is 11.4 Å². The molecule has 3 nitrogen and oxygen atoms in total. The van der Waals surface area contributed by atoms with E-state index in [9.17, 15) is 4.79 Å². The lowest BCUT2D eigenvalue weighted by Crippen LogP contribution is -2.26. The first-order chi connectivity index (χ1) is 7.83. The second-order valence-electron chi connectivity index (χ2n) is 3.86. The summed E-state index contributed by atoms with van der Waals surface area (Å²) in [6.07, 6.45) is 4.36. The number of hydrogen-bond donors (Lipinski definition) is 1. The van der Waals surface area contributed by atoms with Crippen molar-refractivity contribution in [2.24, 2.45) is 0 Å². The van der Waals surface area contributed by atoms with Crippen LogP contribution < -0.4 is 5.32 Å². The molecule has 1 heterocycles. The van der Waals surface area contributed by atoms with Crippen molar-refractivity contribution in [3.8, 4) is 0 Å². The van der Waals surface area contributed by atoms with Crippen molar-refractivity contribution in [2.45, 2.75) is 18.9 Å². The number of carbonyl (C=O) groups is 1. The number of furan rings is 1. The third-order valence-corrected chi connectivity index (χ3v) is 2.80. The molecule has 1 N–H and O–H groups in total. The summed E-state index contributed by atoms with van der Waals surface area (Å²) in [5.41, 5.74) is 2.14. The van der Waals surface area contributed by atoms with E-state index < -0.39 is 0 Å². The standard InChI is InChI=1S/C13H15NO2.ClH/c1-14-12(9-15)4-2-10-3-5-13-11(8-10)6-7-16-13;/h3,5-9,12,14H,2,4H2,1H3;1H/t12-;/m0./s1. The van der Waals surface area contributed by atoms with Gasteiger partial charge >= 0.3 is 0 Å². The lowest BCUT2D eigenvalue weighted by atomic mass is 10.0. The number of halogens is 1. The number of nitrogens with one attached hydrogen (secondary N) is 1. The van der Waals surface area contributed by atoms with Crippen molar-refractivity contribution in [3.05, 3.63) is 36.1 Å². The van der Waals surface area contributed by atoms with Gasteiger partial charge in [0.1, 0.15) is 11.9 Å². The number of rotatable bonds is 5. The second kappa shape index (κ2) is 6.42. The maximum absolute atomic E-state index is 10.7. The molecule has 0 bridgehead atoms. The highest BCUT2D eigenvalue weighted by Crippen LogP contribution is 2.18. The topological polar surface area (TPSA) is 42.2 Å². The zero-order valence-electron chi connectivity index (χ0n) is 9.68. The van der Waals surface area contributed by atoms with Gasteiger partial charge in [-0.1, -0.05) is 6.07 Å². The normalized spacial score (nSPS) is 12.1. The summed E-state index contributed by atoms with van der Waals surface area (Å²) in [5, 5.41) is 4.08. The van der Waals surface area contributed by atoms with Crippen LogP contribution >= 0.6 is 12.4 Å². The Balaban J connectivity index is 0.00000144. The van der Waals surface area contributed by atoms with Crippen LogP contribution in [0.1, 0.15) is 12.0 Å². The summed E-state index contributed by atoms with van der Waals surface area (Å²) in [6, 6.07) is 8.02. The number of fused-ring (bicyclic) bond motifs is 1. The monoisotopic (exact) mass is 253 g/mol. The van der Waals surface area contributed by atoms with Crippen molar-refractivity contribution in [3.63, 3.8) is 0 Å². The van der Waals surface area contributed by atoms with E-state index in [-0.39, 0.29) is 18.4 Å². The molecule has 0 spiro atoms. The number of hydrogen-bond acceptors (Lipinski definition) is 3. The number of likely N-dealkylation sites (N-methyl/N-ethyl adjacent to an activating group) is 1. The van der Waals surface area contributed by atoms with Crippen molar-refractivity contribution < 1.29 is 9.21 Å². The van der Waals surface area contributed by atoms with Crippen LogP contribution in [0.4, 0.5) is 0 Å². The summed E-state index contributed by atoms with van der Waals surface area (Å²) in [4.78, 5) is 10.7. The lowest BCUT2D eigenvalue weighted by molar-refractivity contribution is -0.109. The molecule has 0 aliphatic heterocycles. The molecule has 0 fully saturated rings. The Hall–Kier alpha value is -1.32. The van der Waals surface area contributed by atoms with Gasteiger partial charge in [-0.05, 0) is 43.7 Å². The van der Waals surface area contributed by atoms with E-state index in [1.165, 1.54) is 5.56 Å². The average molecular weight is 254 g/mol. The average Bonchev–Trinajstić information content (AvgIpc) is 2.77. The van der Waals surface area contributed by atoms with Gasteiger partial charge in [0.25, 0.3) is 0 Å². The molecule has 1 aromatic heterocycles. The van der Waals surface area contributed by atoms with Crippen LogP contribution in [0.2, 0.25) is 0 Å². The van der Waals surface area contributed by atoms with Crippen LogP contribution in [0.5, 0.6) is 0 Å². The highest BCUT2D eigenvalue weighted by molar-refractivity contribution is 5.85. The van der Waals surface area contributed by atoms with E-state index in [4.69, 9.17) is 4.42 Å². The van der Waals surface area contributed by atoms with Crippen molar-refractivity contribution in [1.29, 1.82) is 0 Å². The summed E-state index contributed by atoms with van der Waals surface area (Å²) < 4.78 is 5.27. The van der Waals surface area contributed by atoms with Gasteiger partial charge in [-0.2, -0.15) is 0 Å². The molecule has 2 rings (SSSR count). The molecule has 0 unspecified atom stereocenters. The summed E-state index contributed by atoms with van der Waals surface area (Å²) in [7, 11) is 1.80. The van der Waals surface area contributed by atoms with Crippen LogP contribution in [0.25, 0.3) is 11.0 Å². The summed E-state index contributed by atoms with van der Waals surface area (Å²) >= 11 is 0. The minimum atomic E-state index is -0.0555. The maximum Gasteiger partial charge on any atom is 0.136 e. The molecule has 0 amide bonds. The fraction of sp³-hybridized carbons (Fsp3) is 0.308. The fourth-order valence-electron chi connectivity index (χ4n) is 1.77. The summed E-state index contributed by atoms with van der Waals surface area (Å²) in [6.45, 7) is 0. The minimum Gasteiger partial charge on any atom is -0.464 e. The van der Waals surface area contributed by atoms with E-state index in [1.807, 2.05) is 18.2 Å². The van der Waals surface area contributed by atoms with Gasteiger partial charge in [0.05, 0.1) is 12.3 Å². The smallest absolute Gasteiger partial charge is 0.136 e. The first-order valence-corrected chi connectivity index (χ1v) is 5.42. The predicted octanol–water partition coefficient (Wildman–Crippen LogP) is 2.57. The Bertz CT molecular complexity index is 481. The quantitative estimate of drug-likeness (QED) is 0.833. The third-order valence-electron chi connectivity index (χ3n) is 2.80. The molecule has 17 heavy (non-hydrogen) atoms. The van der Waals surface area contributed by atoms with Crippen molar-refractivity contribution in [1.82, 2.24) is 5.32 Å². The highest BCUT2D eigenvalue weighted by atomic mass is 35.5. The second-order valence-corrected chi connectivity index (χ2v) is 3.86. The van der Waals surface area contributed by atoms with Crippen LogP contribution in [-0.4, -0.2) is 19.4 Å². The van der Waals surface area contributed by atoms with Crippen LogP contribution in [0.3, 0.4) is 0 Å². The van der Waals surface area contributed by atoms with E-state index in [1.54, 1.807) is 13.3 Å². The predicted molar refractivity (Wildman–Crippen MR) is 70.7 cm³/mol. The lowest BCUT2D eigenvalue weighted by Gasteiger charge is -2.08. The molecule has 4 heteroatoms. The van der Waals surface area contributed by atoms with Crippen LogP contribution in [0, 0.1) is 0 Å². The number of aryl methyl sites for hydroxylation is 1. The molecule has 0 aliphatic rings. The van der Waals surface area contributed by atoms with Crippen molar-refractivity contribution >= 4 is 29.7 Å². The molecule has 0 aliphatic carbocycles. The van der Waals surface area contributed by atoms with Gasteiger partial charge in [0.15, 0.2) is 0 Å². The van der Waals surface area contributed by atoms with Crippen LogP contribution in [-0.2, 0) is 11.2 Å². The zero-order chi connectivity index (χ0) is 11.4. The first kappa shape index (κ1) is 13.7. The van der Waals surface area contributed by atoms with Gasteiger partial charge in [-0.25, -0.2) is 0 Å². The minimum absolute atomic E-state index is 0. The summed E-state index contributed by atoms with van der Waals surface area (Å²) in [5.74, 6) is 0. The Kier molecular flexibility index (Phi) is 5.19. The van der Waals surface area contributed by atoms with Crippen LogP contribution in [0.15, 0.2) is 34.9 Å². The van der Waals surface area contributed by atoms with E-state index >= 15 is 0 Å². The van der Waals surface area contributed by atoms with Crippen molar-refractivity contribution in [2.75, 3.05) is 7.05 Å². The molecular formula is C13H16ClNO2. The molecule has 0 radical (unpaired) electrons. The molecule has 1 atom stereocenters. The maximum atomic E-state index is 10.7. The molecule has 0 saturated carbocycles. The van der Waals surface area contributed by atoms with Gasteiger partial charge in [-0.15, -0.1) is 12.4 Å². The molecular weight excluding hydrogens is 238 g/mol.